The summed E-state index contributed by atoms with van der Waals surface area (Å²) in [6.45, 7) is 3.05. The molecule has 0 bridgehead atoms. The maximum Gasteiger partial charge on any atom is 0.161 e. The van der Waals surface area contributed by atoms with Gasteiger partial charge in [-0.3, -0.25) is 14.6 Å². The van der Waals surface area contributed by atoms with E-state index in [0.29, 0.717) is 11.1 Å². The molecule has 3 heteroatoms. The number of nitrogens with zero attached hydrogens (tertiary/aromatic N) is 1. The van der Waals surface area contributed by atoms with Gasteiger partial charge in [-0.1, -0.05) is 24.3 Å². The summed E-state index contributed by atoms with van der Waals surface area (Å²) in [4.78, 5) is 26.5. The van der Waals surface area contributed by atoms with E-state index >= 15 is 0 Å². The number of hydrogen-bond donors (Lipinski definition) is 0. The molecule has 0 aliphatic heterocycles. The molecule has 18 heavy (non-hydrogen) atoms. The summed E-state index contributed by atoms with van der Waals surface area (Å²) in [6.07, 6.45) is 1.57. The third-order valence-corrected chi connectivity index (χ3v) is 2.76. The first-order valence-corrected chi connectivity index (χ1v) is 5.66. The first-order chi connectivity index (χ1) is 8.58. The van der Waals surface area contributed by atoms with Crippen LogP contribution in [-0.4, -0.2) is 16.6 Å². The molecule has 0 saturated heterocycles. The van der Waals surface area contributed by atoms with Crippen LogP contribution in [0.4, 0.5) is 0 Å². The Morgan fingerprint density at radius 1 is 0.833 bits per heavy atom. The highest BCUT2D eigenvalue weighted by molar-refractivity contribution is 5.95. The van der Waals surface area contributed by atoms with Gasteiger partial charge in [0.15, 0.2) is 11.6 Å². The molecule has 3 nitrogen and oxygen atoms in total. The predicted molar refractivity (Wildman–Crippen MR) is 69.7 cm³/mol. The molecular formula is C15H13NO2. The molecule has 2 rings (SSSR count). The molecule has 0 aliphatic rings. The van der Waals surface area contributed by atoms with Gasteiger partial charge in [-0.05, 0) is 26.0 Å². The number of hydrogen-bond acceptors (Lipinski definition) is 3. The summed E-state index contributed by atoms with van der Waals surface area (Å²) in [5.74, 6) is 0.0439. The van der Waals surface area contributed by atoms with Crippen LogP contribution in [0.2, 0.25) is 0 Å². The lowest BCUT2D eigenvalue weighted by Gasteiger charge is -2.02. The summed E-state index contributed by atoms with van der Waals surface area (Å²) < 4.78 is 0. The first-order valence-electron chi connectivity index (χ1n) is 5.66. The number of benzene rings is 1. The zero-order chi connectivity index (χ0) is 13.1. The first kappa shape index (κ1) is 12.2. The van der Waals surface area contributed by atoms with E-state index in [1.165, 1.54) is 13.8 Å². The van der Waals surface area contributed by atoms with E-state index < -0.39 is 0 Å². The van der Waals surface area contributed by atoms with Gasteiger partial charge in [0.05, 0.1) is 5.69 Å². The van der Waals surface area contributed by atoms with E-state index in [4.69, 9.17) is 0 Å². The van der Waals surface area contributed by atoms with Crippen molar-refractivity contribution in [2.24, 2.45) is 0 Å². The molecule has 2 aromatic rings. The second kappa shape index (κ2) is 4.92. The van der Waals surface area contributed by atoms with Gasteiger partial charge >= 0.3 is 0 Å². The normalized spacial score (nSPS) is 10.1. The second-order valence-electron chi connectivity index (χ2n) is 4.12. The van der Waals surface area contributed by atoms with E-state index in [1.807, 2.05) is 12.1 Å². The van der Waals surface area contributed by atoms with Crippen LogP contribution in [0.5, 0.6) is 0 Å². The summed E-state index contributed by atoms with van der Waals surface area (Å²) in [6, 6.07) is 10.8. The van der Waals surface area contributed by atoms with Crippen molar-refractivity contribution < 1.29 is 9.59 Å². The molecule has 0 radical (unpaired) electrons. The Balaban J connectivity index is 2.31. The van der Waals surface area contributed by atoms with E-state index in [2.05, 4.69) is 4.98 Å². The lowest BCUT2D eigenvalue weighted by Crippen LogP contribution is -1.94. The summed E-state index contributed by atoms with van der Waals surface area (Å²) >= 11 is 0. The Labute approximate surface area is 105 Å². The number of carbonyl (C=O) groups excluding carboxylic acids is 2. The molecule has 0 unspecified atom stereocenters. The van der Waals surface area contributed by atoms with Crippen LogP contribution < -0.4 is 0 Å². The van der Waals surface area contributed by atoms with Gasteiger partial charge in [0.2, 0.25) is 0 Å². The van der Waals surface area contributed by atoms with Crippen molar-refractivity contribution >= 4 is 11.6 Å². The van der Waals surface area contributed by atoms with E-state index in [-0.39, 0.29) is 11.6 Å². The Bertz CT molecular complexity index is 527. The van der Waals surface area contributed by atoms with Gasteiger partial charge in [-0.15, -0.1) is 0 Å². The smallest absolute Gasteiger partial charge is 0.161 e. The lowest BCUT2D eigenvalue weighted by atomic mass is 10.1. The molecule has 90 valence electrons. The SMILES string of the molecule is CC(=O)c1ccc(-c2ccc(C(C)=O)cn2)cc1. The van der Waals surface area contributed by atoms with Crippen molar-refractivity contribution in [2.75, 3.05) is 0 Å². The fourth-order valence-electron chi connectivity index (χ4n) is 1.65. The molecule has 0 N–H and O–H groups in total. The average Bonchev–Trinajstić information content (AvgIpc) is 2.39. The minimum Gasteiger partial charge on any atom is -0.295 e. The number of pyridine rings is 1. The molecule has 0 atom stereocenters. The van der Waals surface area contributed by atoms with Crippen molar-refractivity contribution in [1.82, 2.24) is 4.98 Å². The van der Waals surface area contributed by atoms with Gasteiger partial charge in [0.25, 0.3) is 0 Å². The Morgan fingerprint density at radius 3 is 1.83 bits per heavy atom. The summed E-state index contributed by atoms with van der Waals surface area (Å²) in [5, 5.41) is 0. The van der Waals surface area contributed by atoms with Crippen LogP contribution in [0.3, 0.4) is 0 Å². The van der Waals surface area contributed by atoms with Crippen molar-refractivity contribution in [2.45, 2.75) is 13.8 Å². The molecule has 1 aromatic heterocycles. The van der Waals surface area contributed by atoms with Gasteiger partial charge in [0, 0.05) is 22.9 Å². The zero-order valence-electron chi connectivity index (χ0n) is 10.3. The second-order valence-corrected chi connectivity index (χ2v) is 4.12. The highest BCUT2D eigenvalue weighted by atomic mass is 16.1. The minimum absolute atomic E-state index is 0.000905. The van der Waals surface area contributed by atoms with Crippen LogP contribution in [0.1, 0.15) is 34.6 Å². The molecule has 1 heterocycles. The maximum atomic E-state index is 11.2. The number of carbonyl (C=O) groups is 2. The topological polar surface area (TPSA) is 47.0 Å². The summed E-state index contributed by atoms with van der Waals surface area (Å²) in [7, 11) is 0. The molecule has 0 fully saturated rings. The van der Waals surface area contributed by atoms with Gasteiger partial charge < -0.3 is 0 Å². The third kappa shape index (κ3) is 2.51. The monoisotopic (exact) mass is 239 g/mol. The lowest BCUT2D eigenvalue weighted by molar-refractivity contribution is 0.100. The zero-order valence-corrected chi connectivity index (χ0v) is 10.3. The molecular weight excluding hydrogens is 226 g/mol. The van der Waals surface area contributed by atoms with Crippen molar-refractivity contribution in [3.8, 4) is 11.3 Å². The standard InChI is InChI=1S/C15H13NO2/c1-10(17)12-3-5-13(6-4-12)15-8-7-14(9-16-15)11(2)18/h3-9H,1-2H3. The Morgan fingerprint density at radius 2 is 1.39 bits per heavy atom. The van der Waals surface area contributed by atoms with Crippen LogP contribution >= 0.6 is 0 Å². The Kier molecular flexibility index (Phi) is 3.33. The van der Waals surface area contributed by atoms with Crippen LogP contribution in [0, 0.1) is 0 Å². The van der Waals surface area contributed by atoms with E-state index in [1.54, 1.807) is 30.5 Å². The highest BCUT2D eigenvalue weighted by Crippen LogP contribution is 2.18. The largest absolute Gasteiger partial charge is 0.295 e. The predicted octanol–water partition coefficient (Wildman–Crippen LogP) is 3.15. The van der Waals surface area contributed by atoms with Crippen molar-refractivity contribution in [3.63, 3.8) is 0 Å². The number of ketones is 2. The average molecular weight is 239 g/mol. The van der Waals surface area contributed by atoms with Gasteiger partial charge in [-0.2, -0.15) is 0 Å². The molecule has 0 saturated carbocycles. The molecule has 1 aromatic carbocycles. The maximum absolute atomic E-state index is 11.2. The number of aromatic nitrogens is 1. The van der Waals surface area contributed by atoms with Crippen LogP contribution in [0.15, 0.2) is 42.6 Å². The molecule has 0 aliphatic carbocycles. The fourth-order valence-corrected chi connectivity index (χ4v) is 1.65. The summed E-state index contributed by atoms with van der Waals surface area (Å²) in [5.41, 5.74) is 2.99. The number of Topliss-reactive ketones (excluding diaryl/α,β-unsaturated/α-hetero) is 2. The van der Waals surface area contributed by atoms with Gasteiger partial charge in [-0.25, -0.2) is 0 Å². The third-order valence-electron chi connectivity index (χ3n) is 2.76. The van der Waals surface area contributed by atoms with E-state index in [0.717, 1.165) is 11.3 Å². The van der Waals surface area contributed by atoms with Crippen molar-refractivity contribution in [1.29, 1.82) is 0 Å². The van der Waals surface area contributed by atoms with Crippen LogP contribution in [0.25, 0.3) is 11.3 Å². The highest BCUT2D eigenvalue weighted by Gasteiger charge is 2.04. The fraction of sp³-hybridized carbons (Fsp3) is 0.133. The van der Waals surface area contributed by atoms with E-state index in [9.17, 15) is 9.59 Å². The van der Waals surface area contributed by atoms with Gasteiger partial charge in [0.1, 0.15) is 0 Å². The Hall–Kier alpha value is -2.29. The van der Waals surface area contributed by atoms with Crippen LogP contribution in [-0.2, 0) is 0 Å². The molecule has 0 amide bonds. The number of rotatable bonds is 3. The van der Waals surface area contributed by atoms with Crippen molar-refractivity contribution in [3.05, 3.63) is 53.7 Å². The molecule has 0 spiro atoms. The quantitative estimate of drug-likeness (QED) is 0.773. The minimum atomic E-state index is 0.000905.